The molecule has 0 aliphatic carbocycles. The molecule has 0 heterocycles. The molecule has 0 saturated carbocycles. The fraction of sp³-hybridized carbons (Fsp3) is 0.400. The van der Waals surface area contributed by atoms with Gasteiger partial charge in [-0.3, -0.25) is 10.1 Å². The third-order valence-corrected chi connectivity index (χ3v) is 2.28. The summed E-state index contributed by atoms with van der Waals surface area (Å²) in [6, 6.07) is 5.01. The second-order valence-corrected chi connectivity index (χ2v) is 4.55. The third-order valence-electron chi connectivity index (χ3n) is 1.98. The van der Waals surface area contributed by atoms with Crippen molar-refractivity contribution in [2.45, 2.75) is 26.2 Å². The van der Waals surface area contributed by atoms with E-state index in [2.05, 4.69) is 0 Å². The van der Waals surface area contributed by atoms with Crippen molar-refractivity contribution >= 4 is 17.3 Å². The fourth-order valence-corrected chi connectivity index (χ4v) is 1.55. The molecule has 0 radical (unpaired) electrons. The molecule has 1 aromatic carbocycles. The van der Waals surface area contributed by atoms with Gasteiger partial charge < -0.3 is 0 Å². The van der Waals surface area contributed by atoms with E-state index >= 15 is 0 Å². The Morgan fingerprint density at radius 3 is 2.29 bits per heavy atom. The van der Waals surface area contributed by atoms with E-state index in [0.29, 0.717) is 5.56 Å². The van der Waals surface area contributed by atoms with Crippen LogP contribution in [-0.2, 0) is 5.41 Å². The average Bonchev–Trinajstić information content (AvgIpc) is 2.01. The molecular formula is C10H12ClNO2. The van der Waals surface area contributed by atoms with Crippen LogP contribution in [-0.4, -0.2) is 4.92 Å². The highest BCUT2D eigenvalue weighted by molar-refractivity contribution is 6.32. The first-order chi connectivity index (χ1) is 6.34. The van der Waals surface area contributed by atoms with Crippen molar-refractivity contribution in [3.05, 3.63) is 38.9 Å². The van der Waals surface area contributed by atoms with Gasteiger partial charge in [0.05, 0.1) is 4.92 Å². The Balaban J connectivity index is 3.44. The van der Waals surface area contributed by atoms with Crippen LogP contribution >= 0.6 is 11.6 Å². The molecule has 0 amide bonds. The first-order valence-electron chi connectivity index (χ1n) is 4.27. The number of hydrogen-bond acceptors (Lipinski definition) is 2. The Morgan fingerprint density at radius 2 is 1.93 bits per heavy atom. The van der Waals surface area contributed by atoms with Gasteiger partial charge >= 0.3 is 0 Å². The molecule has 0 N–H and O–H groups in total. The molecule has 0 saturated heterocycles. The van der Waals surface area contributed by atoms with Crippen LogP contribution in [0.25, 0.3) is 0 Å². The second kappa shape index (κ2) is 3.58. The van der Waals surface area contributed by atoms with E-state index < -0.39 is 4.92 Å². The summed E-state index contributed by atoms with van der Waals surface area (Å²) in [4.78, 5) is 10.4. The summed E-state index contributed by atoms with van der Waals surface area (Å²) in [7, 11) is 0. The number of halogens is 1. The molecule has 4 heteroatoms. The van der Waals surface area contributed by atoms with Crippen molar-refractivity contribution < 1.29 is 4.92 Å². The van der Waals surface area contributed by atoms with E-state index in [1.165, 1.54) is 6.07 Å². The van der Waals surface area contributed by atoms with E-state index in [1.54, 1.807) is 12.1 Å². The van der Waals surface area contributed by atoms with E-state index in [-0.39, 0.29) is 16.1 Å². The molecule has 1 rings (SSSR count). The van der Waals surface area contributed by atoms with Crippen LogP contribution in [0.3, 0.4) is 0 Å². The van der Waals surface area contributed by atoms with Gasteiger partial charge in [-0.25, -0.2) is 0 Å². The largest absolute Gasteiger partial charge is 0.291 e. The number of para-hydroxylation sites is 1. The summed E-state index contributed by atoms with van der Waals surface area (Å²) < 4.78 is 0. The molecule has 14 heavy (non-hydrogen) atoms. The van der Waals surface area contributed by atoms with Gasteiger partial charge in [0.15, 0.2) is 0 Å². The zero-order chi connectivity index (χ0) is 10.9. The van der Waals surface area contributed by atoms with Crippen molar-refractivity contribution in [3.8, 4) is 0 Å². The van der Waals surface area contributed by atoms with Gasteiger partial charge in [0.2, 0.25) is 0 Å². The number of rotatable bonds is 1. The Labute approximate surface area is 87.8 Å². The Morgan fingerprint density at radius 1 is 1.36 bits per heavy atom. The molecule has 0 aromatic heterocycles. The van der Waals surface area contributed by atoms with Gasteiger partial charge in [0, 0.05) is 5.56 Å². The molecule has 0 aliphatic rings. The van der Waals surface area contributed by atoms with Gasteiger partial charge in [-0.1, -0.05) is 44.5 Å². The number of nitro groups is 1. The predicted molar refractivity (Wildman–Crippen MR) is 56.8 cm³/mol. The van der Waals surface area contributed by atoms with Crippen LogP contribution in [0.5, 0.6) is 0 Å². The molecule has 0 unspecified atom stereocenters. The maximum Gasteiger partial charge on any atom is 0.291 e. The normalized spacial score (nSPS) is 11.4. The predicted octanol–water partition coefficient (Wildman–Crippen LogP) is 3.55. The second-order valence-electron chi connectivity index (χ2n) is 4.14. The highest BCUT2D eigenvalue weighted by atomic mass is 35.5. The zero-order valence-electron chi connectivity index (χ0n) is 8.37. The number of nitrogens with zero attached hydrogens (tertiary/aromatic N) is 1. The summed E-state index contributed by atoms with van der Waals surface area (Å²) in [5, 5.41) is 11.0. The molecule has 0 atom stereocenters. The first kappa shape index (κ1) is 11.0. The topological polar surface area (TPSA) is 43.1 Å². The first-order valence-corrected chi connectivity index (χ1v) is 4.65. The van der Waals surface area contributed by atoms with Crippen LogP contribution in [0.4, 0.5) is 5.69 Å². The Hall–Kier alpha value is -1.09. The van der Waals surface area contributed by atoms with Crippen molar-refractivity contribution in [3.63, 3.8) is 0 Å². The highest BCUT2D eigenvalue weighted by Crippen LogP contribution is 2.35. The fourth-order valence-electron chi connectivity index (χ4n) is 1.31. The minimum atomic E-state index is -0.428. The van der Waals surface area contributed by atoms with Gasteiger partial charge in [-0.05, 0) is 11.5 Å². The van der Waals surface area contributed by atoms with E-state index in [1.807, 2.05) is 20.8 Å². The summed E-state index contributed by atoms with van der Waals surface area (Å²) in [6.07, 6.45) is 0. The summed E-state index contributed by atoms with van der Waals surface area (Å²) >= 11 is 5.79. The molecule has 0 fully saturated rings. The Bertz CT molecular complexity index is 369. The SMILES string of the molecule is CC(C)(C)c1cccc(Cl)c1[N+](=O)[O-]. The maximum atomic E-state index is 10.8. The highest BCUT2D eigenvalue weighted by Gasteiger charge is 2.26. The lowest BCUT2D eigenvalue weighted by Crippen LogP contribution is -2.13. The monoisotopic (exact) mass is 213 g/mol. The maximum absolute atomic E-state index is 10.8. The van der Waals surface area contributed by atoms with Crippen molar-refractivity contribution in [2.24, 2.45) is 0 Å². The van der Waals surface area contributed by atoms with Crippen molar-refractivity contribution in [2.75, 3.05) is 0 Å². The molecule has 76 valence electrons. The van der Waals surface area contributed by atoms with E-state index in [9.17, 15) is 10.1 Å². The Kier molecular flexibility index (Phi) is 2.81. The number of benzene rings is 1. The minimum absolute atomic E-state index is 0.0154. The van der Waals surface area contributed by atoms with Crippen LogP contribution < -0.4 is 0 Å². The van der Waals surface area contributed by atoms with Crippen LogP contribution in [0.2, 0.25) is 5.02 Å². The van der Waals surface area contributed by atoms with Crippen LogP contribution in [0, 0.1) is 10.1 Å². The molecule has 1 aromatic rings. The molecular weight excluding hydrogens is 202 g/mol. The van der Waals surface area contributed by atoms with E-state index in [4.69, 9.17) is 11.6 Å². The van der Waals surface area contributed by atoms with Crippen LogP contribution in [0.1, 0.15) is 26.3 Å². The lowest BCUT2D eigenvalue weighted by Gasteiger charge is -2.18. The standard InChI is InChI=1S/C10H12ClNO2/c1-10(2,3)7-5-4-6-8(11)9(7)12(13)14/h4-6H,1-3H3. The van der Waals surface area contributed by atoms with Gasteiger partial charge in [0.25, 0.3) is 5.69 Å². The molecule has 0 spiro atoms. The van der Waals surface area contributed by atoms with Gasteiger partial charge in [0.1, 0.15) is 5.02 Å². The van der Waals surface area contributed by atoms with Crippen molar-refractivity contribution in [1.82, 2.24) is 0 Å². The zero-order valence-corrected chi connectivity index (χ0v) is 9.13. The lowest BCUT2D eigenvalue weighted by molar-refractivity contribution is -0.385. The van der Waals surface area contributed by atoms with Gasteiger partial charge in [-0.15, -0.1) is 0 Å². The molecule has 0 bridgehead atoms. The number of nitro benzene ring substituents is 1. The quantitative estimate of drug-likeness (QED) is 0.529. The number of hydrogen-bond donors (Lipinski definition) is 0. The van der Waals surface area contributed by atoms with Crippen molar-refractivity contribution in [1.29, 1.82) is 0 Å². The van der Waals surface area contributed by atoms with Gasteiger partial charge in [-0.2, -0.15) is 0 Å². The third kappa shape index (κ3) is 2.04. The lowest BCUT2D eigenvalue weighted by atomic mass is 9.86. The average molecular weight is 214 g/mol. The summed E-state index contributed by atoms with van der Waals surface area (Å²) in [5.74, 6) is 0. The van der Waals surface area contributed by atoms with E-state index in [0.717, 1.165) is 0 Å². The molecule has 3 nitrogen and oxygen atoms in total. The summed E-state index contributed by atoms with van der Waals surface area (Å²) in [5.41, 5.74) is 0.407. The smallest absolute Gasteiger partial charge is 0.258 e. The van der Waals surface area contributed by atoms with Crippen LogP contribution in [0.15, 0.2) is 18.2 Å². The summed E-state index contributed by atoms with van der Waals surface area (Å²) in [6.45, 7) is 5.77. The minimum Gasteiger partial charge on any atom is -0.258 e. The molecule has 0 aliphatic heterocycles.